The monoisotopic (exact) mass is 238 g/mol. The van der Waals surface area contributed by atoms with E-state index in [2.05, 4.69) is 31.0 Å². The van der Waals surface area contributed by atoms with Gasteiger partial charge in [0.05, 0.1) is 0 Å². The minimum atomic E-state index is 0.346. The zero-order valence-corrected chi connectivity index (χ0v) is 12.0. The molecule has 1 saturated heterocycles. The summed E-state index contributed by atoms with van der Waals surface area (Å²) < 4.78 is 0. The Labute approximate surface area is 107 Å². The van der Waals surface area contributed by atoms with Crippen molar-refractivity contribution in [3.05, 3.63) is 0 Å². The van der Waals surface area contributed by atoms with E-state index in [1.165, 1.54) is 58.0 Å². The molecule has 1 saturated carbocycles. The first-order valence-electron chi connectivity index (χ1n) is 7.65. The summed E-state index contributed by atoms with van der Waals surface area (Å²) >= 11 is 0. The van der Waals surface area contributed by atoms with E-state index in [1.807, 2.05) is 0 Å². The van der Waals surface area contributed by atoms with E-state index in [1.54, 1.807) is 0 Å². The van der Waals surface area contributed by atoms with E-state index in [9.17, 15) is 0 Å². The summed E-state index contributed by atoms with van der Waals surface area (Å²) in [4.78, 5) is 2.81. The first-order valence-corrected chi connectivity index (χ1v) is 7.65. The van der Waals surface area contributed by atoms with Crippen LogP contribution in [0.3, 0.4) is 0 Å². The smallest absolute Gasteiger partial charge is 0.0278 e. The van der Waals surface area contributed by atoms with Crippen LogP contribution in [-0.4, -0.2) is 35.6 Å². The van der Waals surface area contributed by atoms with Gasteiger partial charge in [-0.2, -0.15) is 0 Å². The molecule has 0 radical (unpaired) electrons. The molecular weight excluding hydrogens is 208 g/mol. The number of hydrogen-bond acceptors (Lipinski definition) is 2. The maximum Gasteiger partial charge on any atom is 0.0278 e. The average Bonchev–Trinajstić information content (AvgIpc) is 2.61. The van der Waals surface area contributed by atoms with E-state index in [4.69, 9.17) is 0 Å². The summed E-state index contributed by atoms with van der Waals surface area (Å²) in [7, 11) is 0. The lowest BCUT2D eigenvalue weighted by atomic mass is 9.91. The molecular formula is C15H30N2. The molecule has 1 N–H and O–H groups in total. The Bertz CT molecular complexity index is 233. The Balaban J connectivity index is 2.00. The molecule has 17 heavy (non-hydrogen) atoms. The Morgan fingerprint density at radius 1 is 1.18 bits per heavy atom. The molecule has 2 aliphatic rings. The fourth-order valence-electron chi connectivity index (χ4n) is 3.44. The first-order chi connectivity index (χ1) is 8.14. The van der Waals surface area contributed by atoms with Gasteiger partial charge in [0.25, 0.3) is 0 Å². The van der Waals surface area contributed by atoms with Gasteiger partial charge in [0.2, 0.25) is 0 Å². The third-order valence-corrected chi connectivity index (χ3v) is 5.00. The number of nitrogens with zero attached hydrogens (tertiary/aromatic N) is 1. The van der Waals surface area contributed by atoms with Gasteiger partial charge < -0.3 is 5.32 Å². The Hall–Kier alpha value is -0.0800. The molecule has 1 aliphatic carbocycles. The minimum Gasteiger partial charge on any atom is -0.309 e. The number of rotatable bonds is 2. The molecule has 2 atom stereocenters. The van der Waals surface area contributed by atoms with Crippen molar-refractivity contribution in [1.29, 1.82) is 0 Å². The van der Waals surface area contributed by atoms with Crippen molar-refractivity contribution < 1.29 is 0 Å². The predicted octanol–water partition coefficient (Wildman–Crippen LogP) is 3.17. The highest BCUT2D eigenvalue weighted by Gasteiger charge is 2.35. The van der Waals surface area contributed by atoms with Gasteiger partial charge in [0, 0.05) is 30.7 Å². The average molecular weight is 238 g/mol. The van der Waals surface area contributed by atoms with E-state index in [0.717, 1.165) is 12.1 Å². The standard InChI is InChI=1S/C15H30N2/c1-4-15(3)12-17(13(2)11-16-15)14-9-7-5-6-8-10-14/h13-14,16H,4-12H2,1-3H3. The van der Waals surface area contributed by atoms with Crippen LogP contribution in [0.15, 0.2) is 0 Å². The summed E-state index contributed by atoms with van der Waals surface area (Å²) in [6.07, 6.45) is 9.93. The Morgan fingerprint density at radius 2 is 1.82 bits per heavy atom. The zero-order valence-electron chi connectivity index (χ0n) is 12.0. The van der Waals surface area contributed by atoms with Crippen molar-refractivity contribution in [1.82, 2.24) is 10.2 Å². The highest BCUT2D eigenvalue weighted by molar-refractivity contribution is 4.95. The molecule has 0 aromatic heterocycles. The summed E-state index contributed by atoms with van der Waals surface area (Å²) in [5.41, 5.74) is 0.346. The van der Waals surface area contributed by atoms with E-state index < -0.39 is 0 Å². The Kier molecular flexibility index (Phi) is 4.48. The van der Waals surface area contributed by atoms with Crippen molar-refractivity contribution in [2.75, 3.05) is 13.1 Å². The number of hydrogen-bond donors (Lipinski definition) is 1. The molecule has 0 bridgehead atoms. The van der Waals surface area contributed by atoms with E-state index in [0.29, 0.717) is 5.54 Å². The maximum absolute atomic E-state index is 3.74. The lowest BCUT2D eigenvalue weighted by Gasteiger charge is -2.48. The minimum absolute atomic E-state index is 0.346. The highest BCUT2D eigenvalue weighted by atomic mass is 15.3. The highest BCUT2D eigenvalue weighted by Crippen LogP contribution is 2.27. The van der Waals surface area contributed by atoms with Crippen LogP contribution in [0.2, 0.25) is 0 Å². The molecule has 100 valence electrons. The second-order valence-electron chi connectivity index (χ2n) is 6.46. The zero-order chi connectivity index (χ0) is 12.3. The van der Waals surface area contributed by atoms with Crippen LogP contribution < -0.4 is 5.32 Å². The fraction of sp³-hybridized carbons (Fsp3) is 1.00. The van der Waals surface area contributed by atoms with Gasteiger partial charge in [-0.25, -0.2) is 0 Å². The van der Waals surface area contributed by atoms with Crippen molar-refractivity contribution >= 4 is 0 Å². The van der Waals surface area contributed by atoms with Crippen LogP contribution in [0.4, 0.5) is 0 Å². The molecule has 0 aromatic rings. The SMILES string of the molecule is CCC1(C)CN(C2CCCCCC2)C(C)CN1. The lowest BCUT2D eigenvalue weighted by molar-refractivity contribution is 0.0473. The third kappa shape index (κ3) is 3.23. The van der Waals surface area contributed by atoms with Crippen LogP contribution in [0.25, 0.3) is 0 Å². The molecule has 1 heterocycles. The summed E-state index contributed by atoms with van der Waals surface area (Å²) in [5.74, 6) is 0. The van der Waals surface area contributed by atoms with Gasteiger partial charge in [-0.3, -0.25) is 4.90 Å². The largest absolute Gasteiger partial charge is 0.309 e. The summed E-state index contributed by atoms with van der Waals surface area (Å²) in [6, 6.07) is 1.58. The topological polar surface area (TPSA) is 15.3 Å². The van der Waals surface area contributed by atoms with E-state index >= 15 is 0 Å². The van der Waals surface area contributed by atoms with Crippen molar-refractivity contribution in [2.45, 2.75) is 83.3 Å². The maximum atomic E-state index is 3.74. The van der Waals surface area contributed by atoms with Crippen molar-refractivity contribution in [2.24, 2.45) is 0 Å². The van der Waals surface area contributed by atoms with Gasteiger partial charge in [-0.15, -0.1) is 0 Å². The van der Waals surface area contributed by atoms with Gasteiger partial charge in [0.15, 0.2) is 0 Å². The second-order valence-corrected chi connectivity index (χ2v) is 6.46. The van der Waals surface area contributed by atoms with E-state index in [-0.39, 0.29) is 0 Å². The van der Waals surface area contributed by atoms with Gasteiger partial charge in [-0.1, -0.05) is 32.6 Å². The first kappa shape index (κ1) is 13.4. The fourth-order valence-corrected chi connectivity index (χ4v) is 3.44. The van der Waals surface area contributed by atoms with Crippen LogP contribution in [0.5, 0.6) is 0 Å². The summed E-state index contributed by atoms with van der Waals surface area (Å²) in [5, 5.41) is 3.74. The molecule has 0 spiro atoms. The molecule has 2 heteroatoms. The van der Waals surface area contributed by atoms with Crippen LogP contribution >= 0.6 is 0 Å². The lowest BCUT2D eigenvalue weighted by Crippen LogP contribution is -2.64. The summed E-state index contributed by atoms with van der Waals surface area (Å²) in [6.45, 7) is 9.51. The van der Waals surface area contributed by atoms with Crippen LogP contribution in [0, 0.1) is 0 Å². The molecule has 1 aliphatic heterocycles. The number of nitrogens with one attached hydrogen (secondary N) is 1. The van der Waals surface area contributed by atoms with Crippen molar-refractivity contribution in [3.63, 3.8) is 0 Å². The third-order valence-electron chi connectivity index (χ3n) is 5.00. The molecule has 0 amide bonds. The second kappa shape index (κ2) is 5.71. The molecule has 2 fully saturated rings. The Morgan fingerprint density at radius 3 is 2.41 bits per heavy atom. The van der Waals surface area contributed by atoms with Crippen molar-refractivity contribution in [3.8, 4) is 0 Å². The van der Waals surface area contributed by atoms with Crippen LogP contribution in [-0.2, 0) is 0 Å². The molecule has 2 rings (SSSR count). The quantitative estimate of drug-likeness (QED) is 0.743. The van der Waals surface area contributed by atoms with Gasteiger partial charge in [0.1, 0.15) is 0 Å². The molecule has 0 aromatic carbocycles. The van der Waals surface area contributed by atoms with Crippen LogP contribution in [0.1, 0.15) is 65.7 Å². The molecule has 2 unspecified atom stereocenters. The molecule has 2 nitrogen and oxygen atoms in total. The number of piperazine rings is 1. The van der Waals surface area contributed by atoms with Gasteiger partial charge in [-0.05, 0) is 33.1 Å². The van der Waals surface area contributed by atoms with Gasteiger partial charge >= 0.3 is 0 Å². The normalized spacial score (nSPS) is 37.9. The predicted molar refractivity (Wildman–Crippen MR) is 74.4 cm³/mol.